The summed E-state index contributed by atoms with van der Waals surface area (Å²) >= 11 is 0. The predicted octanol–water partition coefficient (Wildman–Crippen LogP) is 2.33. The summed E-state index contributed by atoms with van der Waals surface area (Å²) in [5.74, 6) is 0.252. The summed E-state index contributed by atoms with van der Waals surface area (Å²) in [5.41, 5.74) is 0.714. The normalized spacial score (nSPS) is 15.2. The number of benzene rings is 1. The fourth-order valence-electron chi connectivity index (χ4n) is 2.99. The molecule has 1 aromatic carbocycles. The van der Waals surface area contributed by atoms with Gasteiger partial charge in [-0.05, 0) is 32.0 Å². The molecule has 1 aromatic heterocycles. The predicted molar refractivity (Wildman–Crippen MR) is 91.0 cm³/mol. The van der Waals surface area contributed by atoms with E-state index >= 15 is 0 Å². The maximum absolute atomic E-state index is 13.8. The Hall–Kier alpha value is -2.54. The molecule has 1 N–H and O–H groups in total. The van der Waals surface area contributed by atoms with E-state index in [1.165, 1.54) is 12.3 Å². The second kappa shape index (κ2) is 8.02. The van der Waals surface area contributed by atoms with Gasteiger partial charge < -0.3 is 15.0 Å². The largest absolute Gasteiger partial charge is 0.434 e. The first-order valence-corrected chi connectivity index (χ1v) is 8.34. The SMILES string of the molecule is CNCC(=O)N1CCC(c2nccnc2Oc2ccccc2F)CC1. The van der Waals surface area contributed by atoms with E-state index in [-0.39, 0.29) is 17.6 Å². The third-order valence-corrected chi connectivity index (χ3v) is 4.30. The molecule has 1 fully saturated rings. The molecule has 2 heterocycles. The summed E-state index contributed by atoms with van der Waals surface area (Å²) in [6.45, 7) is 1.68. The molecule has 0 atom stereocenters. The van der Waals surface area contributed by atoms with Crippen LogP contribution in [0.25, 0.3) is 0 Å². The fourth-order valence-corrected chi connectivity index (χ4v) is 2.99. The van der Waals surface area contributed by atoms with E-state index in [1.807, 2.05) is 4.90 Å². The molecule has 3 rings (SSSR count). The van der Waals surface area contributed by atoms with E-state index in [9.17, 15) is 9.18 Å². The number of piperidine rings is 1. The van der Waals surface area contributed by atoms with Gasteiger partial charge in [-0.15, -0.1) is 0 Å². The quantitative estimate of drug-likeness (QED) is 0.902. The van der Waals surface area contributed by atoms with Crippen LogP contribution in [0.4, 0.5) is 4.39 Å². The van der Waals surface area contributed by atoms with E-state index in [0.717, 1.165) is 12.8 Å². The Morgan fingerprint density at radius 1 is 1.28 bits per heavy atom. The number of likely N-dealkylation sites (tertiary alicyclic amines) is 1. The Labute approximate surface area is 146 Å². The molecule has 6 nitrogen and oxygen atoms in total. The minimum atomic E-state index is -0.438. The number of rotatable bonds is 5. The molecule has 25 heavy (non-hydrogen) atoms. The monoisotopic (exact) mass is 344 g/mol. The fraction of sp³-hybridized carbons (Fsp3) is 0.389. The first kappa shape index (κ1) is 17.3. The first-order chi connectivity index (χ1) is 12.2. The summed E-state index contributed by atoms with van der Waals surface area (Å²) in [4.78, 5) is 22.4. The van der Waals surface area contributed by atoms with Crippen LogP contribution in [0.3, 0.4) is 0 Å². The second-order valence-electron chi connectivity index (χ2n) is 5.96. The molecule has 1 aliphatic heterocycles. The Morgan fingerprint density at radius 3 is 2.72 bits per heavy atom. The van der Waals surface area contributed by atoms with E-state index in [2.05, 4.69) is 15.3 Å². The van der Waals surface area contributed by atoms with Gasteiger partial charge in [-0.2, -0.15) is 0 Å². The summed E-state index contributed by atoms with van der Waals surface area (Å²) in [7, 11) is 1.76. The van der Waals surface area contributed by atoms with Crippen molar-refractivity contribution in [2.75, 3.05) is 26.7 Å². The maximum Gasteiger partial charge on any atom is 0.241 e. The summed E-state index contributed by atoms with van der Waals surface area (Å²) in [6.07, 6.45) is 4.71. The number of halogens is 1. The average Bonchev–Trinajstić information content (AvgIpc) is 2.64. The lowest BCUT2D eigenvalue weighted by Gasteiger charge is -2.32. The molecule has 7 heteroatoms. The molecule has 2 aromatic rings. The van der Waals surface area contributed by atoms with Crippen molar-refractivity contribution in [2.24, 2.45) is 0 Å². The maximum atomic E-state index is 13.8. The van der Waals surface area contributed by atoms with Gasteiger partial charge in [0.2, 0.25) is 11.8 Å². The third kappa shape index (κ3) is 4.11. The topological polar surface area (TPSA) is 67.4 Å². The lowest BCUT2D eigenvalue weighted by molar-refractivity contribution is -0.131. The van der Waals surface area contributed by atoms with Crippen molar-refractivity contribution >= 4 is 5.91 Å². The molecule has 1 saturated heterocycles. The van der Waals surface area contributed by atoms with Crippen LogP contribution in [0.1, 0.15) is 24.5 Å². The number of hydrogen-bond acceptors (Lipinski definition) is 5. The summed E-state index contributed by atoms with van der Waals surface area (Å²) in [5, 5.41) is 2.88. The van der Waals surface area contributed by atoms with Crippen LogP contribution in [-0.4, -0.2) is 47.5 Å². The van der Waals surface area contributed by atoms with E-state index in [4.69, 9.17) is 4.74 Å². The van der Waals surface area contributed by atoms with Crippen molar-refractivity contribution in [3.05, 3.63) is 48.2 Å². The van der Waals surface area contributed by atoms with Gasteiger partial charge >= 0.3 is 0 Å². The molecule has 0 saturated carbocycles. The van der Waals surface area contributed by atoms with E-state index in [1.54, 1.807) is 31.4 Å². The number of para-hydroxylation sites is 1. The zero-order valence-corrected chi connectivity index (χ0v) is 14.1. The van der Waals surface area contributed by atoms with Gasteiger partial charge in [0.05, 0.1) is 6.54 Å². The number of hydrogen-bond donors (Lipinski definition) is 1. The Balaban J connectivity index is 1.72. The minimum absolute atomic E-state index is 0.0999. The Bertz CT molecular complexity index is 733. The van der Waals surface area contributed by atoms with Crippen molar-refractivity contribution in [3.63, 3.8) is 0 Å². The molecule has 1 amide bonds. The van der Waals surface area contributed by atoms with Crippen LogP contribution in [0, 0.1) is 5.82 Å². The van der Waals surface area contributed by atoms with Crippen molar-refractivity contribution in [1.82, 2.24) is 20.2 Å². The standard InChI is InChI=1S/C18H21FN4O2/c1-20-12-16(24)23-10-6-13(7-11-23)17-18(22-9-8-21-17)25-15-5-3-2-4-14(15)19/h2-5,8-9,13,20H,6-7,10-12H2,1H3. The van der Waals surface area contributed by atoms with Crippen LogP contribution in [0.2, 0.25) is 0 Å². The molecule has 132 valence electrons. The number of carbonyl (C=O) groups excluding carboxylic acids is 1. The third-order valence-electron chi connectivity index (χ3n) is 4.30. The molecule has 0 aliphatic carbocycles. The van der Waals surface area contributed by atoms with Gasteiger partial charge in [0, 0.05) is 31.4 Å². The Morgan fingerprint density at radius 2 is 2.00 bits per heavy atom. The number of ether oxygens (including phenoxy) is 1. The lowest BCUT2D eigenvalue weighted by atomic mass is 9.93. The van der Waals surface area contributed by atoms with Crippen LogP contribution in [0.15, 0.2) is 36.7 Å². The highest BCUT2D eigenvalue weighted by Gasteiger charge is 2.27. The van der Waals surface area contributed by atoms with E-state index in [0.29, 0.717) is 31.2 Å². The van der Waals surface area contributed by atoms with Gasteiger partial charge in [-0.25, -0.2) is 9.37 Å². The van der Waals surface area contributed by atoms with Crippen molar-refractivity contribution < 1.29 is 13.9 Å². The number of carbonyl (C=O) groups is 1. The second-order valence-corrected chi connectivity index (χ2v) is 5.96. The molecular formula is C18H21FN4O2. The number of nitrogens with zero attached hydrogens (tertiary/aromatic N) is 3. The van der Waals surface area contributed by atoms with E-state index < -0.39 is 5.82 Å². The van der Waals surface area contributed by atoms with Crippen LogP contribution >= 0.6 is 0 Å². The van der Waals surface area contributed by atoms with Gasteiger partial charge in [-0.1, -0.05) is 12.1 Å². The van der Waals surface area contributed by atoms with Gasteiger partial charge in [-0.3, -0.25) is 9.78 Å². The van der Waals surface area contributed by atoms with Gasteiger partial charge in [0.25, 0.3) is 0 Å². The van der Waals surface area contributed by atoms with Gasteiger partial charge in [0.1, 0.15) is 5.69 Å². The first-order valence-electron chi connectivity index (χ1n) is 8.34. The smallest absolute Gasteiger partial charge is 0.241 e. The number of likely N-dealkylation sites (N-methyl/N-ethyl adjacent to an activating group) is 1. The molecule has 1 aliphatic rings. The van der Waals surface area contributed by atoms with Gasteiger partial charge in [0.15, 0.2) is 11.6 Å². The summed E-state index contributed by atoms with van der Waals surface area (Å²) < 4.78 is 19.5. The molecule has 0 spiro atoms. The highest BCUT2D eigenvalue weighted by atomic mass is 19.1. The highest BCUT2D eigenvalue weighted by Crippen LogP contribution is 2.34. The average molecular weight is 344 g/mol. The zero-order chi connectivity index (χ0) is 17.6. The van der Waals surface area contributed by atoms with Crippen LogP contribution < -0.4 is 10.1 Å². The van der Waals surface area contributed by atoms with Crippen molar-refractivity contribution in [2.45, 2.75) is 18.8 Å². The zero-order valence-electron chi connectivity index (χ0n) is 14.1. The minimum Gasteiger partial charge on any atom is -0.434 e. The molecular weight excluding hydrogens is 323 g/mol. The van der Waals surface area contributed by atoms with Crippen molar-refractivity contribution in [1.29, 1.82) is 0 Å². The summed E-state index contributed by atoms with van der Waals surface area (Å²) in [6, 6.07) is 6.22. The number of amides is 1. The van der Waals surface area contributed by atoms with Crippen molar-refractivity contribution in [3.8, 4) is 11.6 Å². The molecule has 0 bridgehead atoms. The van der Waals surface area contributed by atoms with Crippen LogP contribution in [0.5, 0.6) is 11.6 Å². The number of aromatic nitrogens is 2. The highest BCUT2D eigenvalue weighted by molar-refractivity contribution is 5.78. The number of nitrogens with one attached hydrogen (secondary N) is 1. The van der Waals surface area contributed by atoms with Crippen LogP contribution in [-0.2, 0) is 4.79 Å². The molecule has 0 radical (unpaired) electrons. The Kier molecular flexibility index (Phi) is 5.55. The lowest BCUT2D eigenvalue weighted by Crippen LogP contribution is -2.42. The molecule has 0 unspecified atom stereocenters.